The van der Waals surface area contributed by atoms with E-state index in [4.69, 9.17) is 11.8 Å². The summed E-state index contributed by atoms with van der Waals surface area (Å²) in [6.07, 6.45) is 4.29. The third-order valence-corrected chi connectivity index (χ3v) is 4.10. The predicted octanol–water partition coefficient (Wildman–Crippen LogP) is 3.19. The van der Waals surface area contributed by atoms with E-state index in [0.717, 1.165) is 25.2 Å². The largest absolute Gasteiger partial charge is 0.371 e. The average molecular weight is 276 g/mol. The van der Waals surface area contributed by atoms with E-state index in [9.17, 15) is 0 Å². The highest BCUT2D eigenvalue weighted by atomic mass is 35.5. The van der Waals surface area contributed by atoms with Crippen molar-refractivity contribution in [3.63, 3.8) is 0 Å². The maximum atomic E-state index is 5.59. The fourth-order valence-electron chi connectivity index (χ4n) is 2.84. The number of rotatable bonds is 3. The molecule has 0 atom stereocenters. The first-order valence-corrected chi connectivity index (χ1v) is 7.18. The molecule has 2 aromatic rings. The molecule has 1 aromatic carbocycles. The molecule has 0 bridgehead atoms. The summed E-state index contributed by atoms with van der Waals surface area (Å²) < 4.78 is 0. The van der Waals surface area contributed by atoms with Gasteiger partial charge in [0.1, 0.15) is 0 Å². The van der Waals surface area contributed by atoms with Gasteiger partial charge in [-0.2, -0.15) is 0 Å². The summed E-state index contributed by atoms with van der Waals surface area (Å²) in [4.78, 5) is 9.66. The second-order valence-electron chi connectivity index (χ2n) is 5.12. The molecular formula is C15H18ClN3. The second kappa shape index (κ2) is 5.76. The number of benzene rings is 1. The lowest BCUT2D eigenvalue weighted by molar-refractivity contribution is 0.406. The molecule has 3 nitrogen and oxygen atoms in total. The van der Waals surface area contributed by atoms with Crippen LogP contribution in [0.25, 0.3) is 10.9 Å². The van der Waals surface area contributed by atoms with E-state index in [0.29, 0.717) is 5.92 Å². The van der Waals surface area contributed by atoms with Gasteiger partial charge >= 0.3 is 0 Å². The van der Waals surface area contributed by atoms with Crippen molar-refractivity contribution in [2.75, 3.05) is 24.5 Å². The molecule has 0 radical (unpaired) electrons. The van der Waals surface area contributed by atoms with Crippen LogP contribution < -0.4 is 9.74 Å². The van der Waals surface area contributed by atoms with Crippen LogP contribution in [0.2, 0.25) is 0 Å². The van der Waals surface area contributed by atoms with Crippen LogP contribution in [-0.2, 0) is 0 Å². The fourth-order valence-corrected chi connectivity index (χ4v) is 3.06. The van der Waals surface area contributed by atoms with Crippen molar-refractivity contribution in [1.29, 1.82) is 0 Å². The first kappa shape index (κ1) is 12.7. The lowest BCUT2D eigenvalue weighted by Gasteiger charge is -2.34. The van der Waals surface area contributed by atoms with Gasteiger partial charge < -0.3 is 4.90 Å². The fraction of sp³-hybridized carbons (Fsp3) is 0.400. The minimum absolute atomic E-state index is 0.696. The molecule has 0 aliphatic carbocycles. The molecule has 4 heteroatoms. The molecule has 0 spiro atoms. The molecule has 1 aromatic heterocycles. The van der Waals surface area contributed by atoms with Crippen molar-refractivity contribution >= 4 is 28.4 Å². The van der Waals surface area contributed by atoms with Crippen LogP contribution in [0.3, 0.4) is 0 Å². The number of para-hydroxylation sites is 1. The lowest BCUT2D eigenvalue weighted by Crippen LogP contribution is -2.36. The van der Waals surface area contributed by atoms with E-state index in [1.165, 1.54) is 23.9 Å². The number of nitrogens with one attached hydrogen (secondary N) is 1. The summed E-state index contributed by atoms with van der Waals surface area (Å²) in [5.74, 6) is 0.696. The van der Waals surface area contributed by atoms with Crippen LogP contribution in [0.5, 0.6) is 0 Å². The quantitative estimate of drug-likeness (QED) is 0.872. The molecule has 1 N–H and O–H groups in total. The Bertz CT molecular complexity index is 545. The van der Waals surface area contributed by atoms with Crippen molar-refractivity contribution < 1.29 is 0 Å². The molecule has 1 aliphatic heterocycles. The number of hydrogen-bond acceptors (Lipinski definition) is 3. The Morgan fingerprint density at radius 3 is 2.79 bits per heavy atom. The van der Waals surface area contributed by atoms with Crippen molar-refractivity contribution in [1.82, 2.24) is 9.82 Å². The molecule has 19 heavy (non-hydrogen) atoms. The molecule has 0 amide bonds. The number of aromatic nitrogens is 1. The van der Waals surface area contributed by atoms with Crippen molar-refractivity contribution in [2.45, 2.75) is 12.8 Å². The van der Waals surface area contributed by atoms with Crippen molar-refractivity contribution in [3.05, 3.63) is 36.5 Å². The standard InChI is InChI=1S/C15H18ClN3/c16-18-11-12-6-9-19(10-7-12)15-5-8-17-14-4-2-1-3-13(14)15/h1-5,8,12,18H,6-7,9-11H2. The Morgan fingerprint density at radius 1 is 1.21 bits per heavy atom. The zero-order valence-electron chi connectivity index (χ0n) is 10.8. The van der Waals surface area contributed by atoms with Gasteiger partial charge in [0, 0.05) is 36.9 Å². The van der Waals surface area contributed by atoms with Gasteiger partial charge in [-0.25, -0.2) is 4.84 Å². The zero-order valence-corrected chi connectivity index (χ0v) is 11.6. The minimum Gasteiger partial charge on any atom is -0.371 e. The van der Waals surface area contributed by atoms with E-state index in [2.05, 4.69) is 39.0 Å². The second-order valence-corrected chi connectivity index (χ2v) is 5.38. The number of piperidine rings is 1. The molecule has 3 rings (SSSR count). The maximum absolute atomic E-state index is 5.59. The molecule has 2 heterocycles. The van der Waals surface area contributed by atoms with Gasteiger partial charge in [-0.1, -0.05) is 18.2 Å². The first-order chi connectivity index (χ1) is 9.38. The molecular weight excluding hydrogens is 258 g/mol. The van der Waals surface area contributed by atoms with Crippen molar-refractivity contribution in [2.24, 2.45) is 5.92 Å². The SMILES string of the molecule is ClNCC1CCN(c2ccnc3ccccc23)CC1. The Kier molecular flexibility index (Phi) is 3.85. The van der Waals surface area contributed by atoms with Crippen molar-refractivity contribution in [3.8, 4) is 0 Å². The molecule has 1 fully saturated rings. The van der Waals surface area contributed by atoms with E-state index in [1.807, 2.05) is 12.3 Å². The summed E-state index contributed by atoms with van der Waals surface area (Å²) in [5.41, 5.74) is 2.38. The Labute approximate surface area is 118 Å². The number of fused-ring (bicyclic) bond motifs is 1. The Balaban J connectivity index is 1.82. The number of halogens is 1. The van der Waals surface area contributed by atoms with Crippen LogP contribution >= 0.6 is 11.8 Å². The summed E-state index contributed by atoms with van der Waals surface area (Å²) in [7, 11) is 0. The van der Waals surface area contributed by atoms with Gasteiger partial charge in [0.05, 0.1) is 5.52 Å². The topological polar surface area (TPSA) is 28.2 Å². The molecule has 1 aliphatic rings. The van der Waals surface area contributed by atoms with E-state index >= 15 is 0 Å². The van der Waals surface area contributed by atoms with E-state index < -0.39 is 0 Å². The lowest BCUT2D eigenvalue weighted by atomic mass is 9.96. The minimum atomic E-state index is 0.696. The highest BCUT2D eigenvalue weighted by Crippen LogP contribution is 2.28. The Hall–Kier alpha value is -1.32. The van der Waals surface area contributed by atoms with E-state index in [1.54, 1.807) is 0 Å². The highest BCUT2D eigenvalue weighted by molar-refractivity contribution is 6.13. The summed E-state index contributed by atoms with van der Waals surface area (Å²) in [5, 5.41) is 1.25. The zero-order chi connectivity index (χ0) is 13.1. The monoisotopic (exact) mass is 275 g/mol. The third-order valence-electron chi connectivity index (χ3n) is 3.95. The maximum Gasteiger partial charge on any atom is 0.0722 e. The van der Waals surface area contributed by atoms with Gasteiger partial charge in [-0.15, -0.1) is 0 Å². The van der Waals surface area contributed by atoms with Gasteiger partial charge in [-0.3, -0.25) is 4.98 Å². The van der Waals surface area contributed by atoms with Gasteiger partial charge in [0.2, 0.25) is 0 Å². The van der Waals surface area contributed by atoms with E-state index in [-0.39, 0.29) is 0 Å². The van der Waals surface area contributed by atoms with Crippen LogP contribution in [-0.4, -0.2) is 24.6 Å². The third kappa shape index (κ3) is 2.67. The number of nitrogens with zero attached hydrogens (tertiary/aromatic N) is 2. The van der Waals surface area contributed by atoms with Crippen LogP contribution in [0.4, 0.5) is 5.69 Å². The smallest absolute Gasteiger partial charge is 0.0722 e. The van der Waals surface area contributed by atoms with Crippen LogP contribution in [0, 0.1) is 5.92 Å². The molecule has 100 valence electrons. The average Bonchev–Trinajstić information content (AvgIpc) is 2.48. The summed E-state index contributed by atoms with van der Waals surface area (Å²) in [6, 6.07) is 10.5. The molecule has 1 saturated heterocycles. The van der Waals surface area contributed by atoms with Gasteiger partial charge in [0.25, 0.3) is 0 Å². The normalized spacial score (nSPS) is 17.0. The Morgan fingerprint density at radius 2 is 2.00 bits per heavy atom. The van der Waals surface area contributed by atoms with Crippen LogP contribution in [0.1, 0.15) is 12.8 Å². The predicted molar refractivity (Wildman–Crippen MR) is 80.5 cm³/mol. The summed E-state index contributed by atoms with van der Waals surface area (Å²) in [6.45, 7) is 3.10. The highest BCUT2D eigenvalue weighted by Gasteiger charge is 2.20. The molecule has 0 unspecified atom stereocenters. The van der Waals surface area contributed by atoms with Crippen LogP contribution in [0.15, 0.2) is 36.5 Å². The number of hydrogen-bond donors (Lipinski definition) is 1. The number of anilines is 1. The van der Waals surface area contributed by atoms with Gasteiger partial charge in [-0.05, 0) is 42.7 Å². The first-order valence-electron chi connectivity index (χ1n) is 6.80. The molecule has 0 saturated carbocycles. The van der Waals surface area contributed by atoms with Gasteiger partial charge in [0.15, 0.2) is 0 Å². The number of pyridine rings is 1. The summed E-state index contributed by atoms with van der Waals surface area (Å²) >= 11 is 5.59.